The fraction of sp³-hybridized carbons (Fsp3) is 0.417. The Bertz CT molecular complexity index is 875. The summed E-state index contributed by atoms with van der Waals surface area (Å²) in [6, 6.07) is 13.6. The zero-order chi connectivity index (χ0) is 23.2. The van der Waals surface area contributed by atoms with Crippen molar-refractivity contribution in [2.75, 3.05) is 40.5 Å². The number of aliphatic imine (C=N–C) groups is 1. The van der Waals surface area contributed by atoms with E-state index in [-0.39, 0.29) is 36.4 Å². The van der Waals surface area contributed by atoms with Gasteiger partial charge in [-0.25, -0.2) is 4.99 Å². The minimum atomic E-state index is -0.120. The Morgan fingerprint density at radius 3 is 2.42 bits per heavy atom. The Morgan fingerprint density at radius 1 is 1.00 bits per heavy atom. The third-order valence-electron chi connectivity index (χ3n) is 4.58. The highest BCUT2D eigenvalue weighted by molar-refractivity contribution is 14.0. The molecule has 182 valence electrons. The summed E-state index contributed by atoms with van der Waals surface area (Å²) in [7, 11) is 3.27. The van der Waals surface area contributed by atoms with Crippen molar-refractivity contribution in [2.45, 2.75) is 26.9 Å². The van der Waals surface area contributed by atoms with Gasteiger partial charge in [-0.1, -0.05) is 24.3 Å². The van der Waals surface area contributed by atoms with Crippen LogP contribution in [0.25, 0.3) is 0 Å². The molecule has 3 N–H and O–H groups in total. The van der Waals surface area contributed by atoms with E-state index in [2.05, 4.69) is 20.9 Å². The molecular formula is C24H35IN4O4. The molecule has 0 heterocycles. The van der Waals surface area contributed by atoms with Crippen molar-refractivity contribution >= 4 is 35.8 Å². The Kier molecular flexibility index (Phi) is 13.9. The van der Waals surface area contributed by atoms with E-state index in [4.69, 9.17) is 14.2 Å². The second-order valence-corrected chi connectivity index (χ2v) is 7.13. The second kappa shape index (κ2) is 16.1. The zero-order valence-corrected chi connectivity index (χ0v) is 22.1. The molecule has 0 fully saturated rings. The Labute approximate surface area is 213 Å². The molecule has 0 saturated carbocycles. The summed E-state index contributed by atoms with van der Waals surface area (Å²) in [6.45, 7) is 6.67. The van der Waals surface area contributed by atoms with Crippen molar-refractivity contribution in [1.82, 2.24) is 16.0 Å². The van der Waals surface area contributed by atoms with Gasteiger partial charge in [-0.3, -0.25) is 4.79 Å². The summed E-state index contributed by atoms with van der Waals surface area (Å²) in [6.07, 6.45) is 0. The fourth-order valence-electron chi connectivity index (χ4n) is 2.84. The van der Waals surface area contributed by atoms with Crippen LogP contribution >= 0.6 is 24.0 Å². The monoisotopic (exact) mass is 570 g/mol. The number of nitrogens with zero attached hydrogens (tertiary/aromatic N) is 1. The summed E-state index contributed by atoms with van der Waals surface area (Å²) < 4.78 is 16.0. The van der Waals surface area contributed by atoms with Crippen LogP contribution in [-0.4, -0.2) is 52.4 Å². The maximum absolute atomic E-state index is 12.2. The molecule has 9 heteroatoms. The maximum atomic E-state index is 12.2. The predicted octanol–water partition coefficient (Wildman–Crippen LogP) is 3.02. The molecule has 8 nitrogen and oxygen atoms in total. The molecule has 33 heavy (non-hydrogen) atoms. The number of methoxy groups -OCH3 is 2. The topological polar surface area (TPSA) is 93.2 Å². The minimum absolute atomic E-state index is 0. The zero-order valence-electron chi connectivity index (χ0n) is 19.8. The van der Waals surface area contributed by atoms with Gasteiger partial charge < -0.3 is 30.2 Å². The highest BCUT2D eigenvalue weighted by Crippen LogP contribution is 2.21. The fourth-order valence-corrected chi connectivity index (χ4v) is 2.84. The molecule has 2 rings (SSSR count). The van der Waals surface area contributed by atoms with Crippen molar-refractivity contribution < 1.29 is 19.0 Å². The molecule has 1 amide bonds. The van der Waals surface area contributed by atoms with E-state index < -0.39 is 0 Å². The molecule has 0 aliphatic heterocycles. The van der Waals surface area contributed by atoms with Gasteiger partial charge in [0.15, 0.2) is 5.96 Å². The van der Waals surface area contributed by atoms with Crippen molar-refractivity contribution in [1.29, 1.82) is 0 Å². The van der Waals surface area contributed by atoms with Gasteiger partial charge in [0, 0.05) is 25.8 Å². The average Bonchev–Trinajstić information content (AvgIpc) is 2.81. The van der Waals surface area contributed by atoms with Crippen LogP contribution in [0.5, 0.6) is 11.5 Å². The maximum Gasteiger partial charge on any atom is 0.239 e. The van der Waals surface area contributed by atoms with Crippen molar-refractivity contribution in [2.24, 2.45) is 4.99 Å². The van der Waals surface area contributed by atoms with Crippen molar-refractivity contribution in [3.05, 3.63) is 59.2 Å². The van der Waals surface area contributed by atoms with E-state index in [1.165, 1.54) is 0 Å². The first-order chi connectivity index (χ1) is 15.5. The molecule has 0 aliphatic carbocycles. The lowest BCUT2D eigenvalue weighted by Gasteiger charge is -2.14. The van der Waals surface area contributed by atoms with Gasteiger partial charge in [-0.15, -0.1) is 24.0 Å². The summed E-state index contributed by atoms with van der Waals surface area (Å²) in [5.41, 5.74) is 3.08. The standard InChI is InChI=1S/C24H34N4O4.HI/c1-5-25-24(27-16-20-9-6-18(2)14-22(20)32-13-12-30-3)28-17-23(29)26-15-19-7-10-21(31-4)11-8-19;/h6-11,14H,5,12-13,15-17H2,1-4H3,(H,26,29)(H2,25,27,28);1H. The van der Waals surface area contributed by atoms with E-state index >= 15 is 0 Å². The number of hydrogen-bond acceptors (Lipinski definition) is 5. The average molecular weight is 570 g/mol. The summed E-state index contributed by atoms with van der Waals surface area (Å²) in [5.74, 6) is 2.02. The molecule has 2 aromatic carbocycles. The summed E-state index contributed by atoms with van der Waals surface area (Å²) in [4.78, 5) is 16.8. The van der Waals surface area contributed by atoms with Crippen LogP contribution in [0.3, 0.4) is 0 Å². The number of carbonyl (C=O) groups is 1. The predicted molar refractivity (Wildman–Crippen MR) is 142 cm³/mol. The molecule has 0 aromatic heterocycles. The molecule has 0 atom stereocenters. The van der Waals surface area contributed by atoms with Crippen LogP contribution in [0, 0.1) is 6.92 Å². The highest BCUT2D eigenvalue weighted by atomic mass is 127. The number of aryl methyl sites for hydroxylation is 1. The van der Waals surface area contributed by atoms with Gasteiger partial charge in [0.1, 0.15) is 18.1 Å². The van der Waals surface area contributed by atoms with Crippen molar-refractivity contribution in [3.8, 4) is 11.5 Å². The summed E-state index contributed by atoms with van der Waals surface area (Å²) >= 11 is 0. The van der Waals surface area contributed by atoms with E-state index in [9.17, 15) is 4.79 Å². The smallest absolute Gasteiger partial charge is 0.239 e. The number of guanidine groups is 1. The first-order valence-electron chi connectivity index (χ1n) is 10.7. The number of amides is 1. The number of halogens is 1. The Hall–Kier alpha value is -2.53. The Morgan fingerprint density at radius 2 is 1.76 bits per heavy atom. The van der Waals surface area contributed by atoms with Gasteiger partial charge in [0.05, 0.1) is 26.8 Å². The van der Waals surface area contributed by atoms with E-state index in [1.54, 1.807) is 14.2 Å². The van der Waals surface area contributed by atoms with Crippen LogP contribution in [-0.2, 0) is 22.6 Å². The van der Waals surface area contributed by atoms with E-state index in [0.717, 1.165) is 28.2 Å². The van der Waals surface area contributed by atoms with Crippen molar-refractivity contribution in [3.63, 3.8) is 0 Å². The van der Waals surface area contributed by atoms with Gasteiger partial charge in [0.2, 0.25) is 5.91 Å². The van der Waals surface area contributed by atoms with Gasteiger partial charge in [0.25, 0.3) is 0 Å². The third-order valence-corrected chi connectivity index (χ3v) is 4.58. The van der Waals surface area contributed by atoms with Gasteiger partial charge >= 0.3 is 0 Å². The number of ether oxygens (including phenoxy) is 3. The number of hydrogen-bond donors (Lipinski definition) is 3. The molecule has 0 radical (unpaired) electrons. The molecule has 0 bridgehead atoms. The largest absolute Gasteiger partial charge is 0.497 e. The molecule has 0 unspecified atom stereocenters. The number of carbonyl (C=O) groups excluding carboxylic acids is 1. The third kappa shape index (κ3) is 10.8. The lowest BCUT2D eigenvalue weighted by atomic mass is 10.1. The van der Waals surface area contributed by atoms with Crippen LogP contribution < -0.4 is 25.4 Å². The van der Waals surface area contributed by atoms with Crippen LogP contribution in [0.15, 0.2) is 47.5 Å². The van der Waals surface area contributed by atoms with E-state index in [1.807, 2.05) is 56.3 Å². The molecular weight excluding hydrogens is 535 g/mol. The SMILES string of the molecule is CCNC(=NCc1ccc(C)cc1OCCOC)NCC(=O)NCc1ccc(OC)cc1.I. The molecule has 0 spiro atoms. The minimum Gasteiger partial charge on any atom is -0.497 e. The molecule has 2 aromatic rings. The quantitative estimate of drug-likeness (QED) is 0.157. The summed E-state index contributed by atoms with van der Waals surface area (Å²) in [5, 5.41) is 9.13. The van der Waals surface area contributed by atoms with Crippen LogP contribution in [0.2, 0.25) is 0 Å². The van der Waals surface area contributed by atoms with Crippen LogP contribution in [0.4, 0.5) is 0 Å². The lowest BCUT2D eigenvalue weighted by molar-refractivity contribution is -0.120. The molecule has 0 aliphatic rings. The second-order valence-electron chi connectivity index (χ2n) is 7.13. The van der Waals surface area contributed by atoms with E-state index in [0.29, 0.717) is 38.8 Å². The Balaban J connectivity index is 0.00000544. The molecule has 0 saturated heterocycles. The number of nitrogens with one attached hydrogen (secondary N) is 3. The first-order valence-corrected chi connectivity index (χ1v) is 10.7. The van der Waals surface area contributed by atoms with Gasteiger partial charge in [-0.05, 0) is 43.2 Å². The van der Waals surface area contributed by atoms with Crippen LogP contribution in [0.1, 0.15) is 23.6 Å². The highest BCUT2D eigenvalue weighted by Gasteiger charge is 2.07. The first kappa shape index (κ1) is 28.5. The number of benzene rings is 2. The normalized spacial score (nSPS) is 10.7. The number of rotatable bonds is 12. The lowest BCUT2D eigenvalue weighted by Crippen LogP contribution is -2.43. The van der Waals surface area contributed by atoms with Gasteiger partial charge in [-0.2, -0.15) is 0 Å².